The van der Waals surface area contributed by atoms with E-state index in [0.29, 0.717) is 36.6 Å². The van der Waals surface area contributed by atoms with Gasteiger partial charge in [-0.3, -0.25) is 9.59 Å². The Hall–Kier alpha value is -3.19. The van der Waals surface area contributed by atoms with Crippen LogP contribution >= 0.6 is 11.6 Å². The summed E-state index contributed by atoms with van der Waals surface area (Å²) < 4.78 is 16.4. The number of carbonyl (C=O) groups is 2. The molecule has 0 spiro atoms. The number of halogens is 1. The highest BCUT2D eigenvalue weighted by atomic mass is 35.5. The van der Waals surface area contributed by atoms with Crippen molar-refractivity contribution in [3.8, 4) is 17.2 Å². The van der Waals surface area contributed by atoms with Gasteiger partial charge in [-0.1, -0.05) is 37.6 Å². The first-order valence-electron chi connectivity index (χ1n) is 10.8. The van der Waals surface area contributed by atoms with Crippen LogP contribution in [0.4, 0.5) is 0 Å². The Kier molecular flexibility index (Phi) is 7.87. The van der Waals surface area contributed by atoms with E-state index in [9.17, 15) is 14.7 Å². The molecule has 1 atom stereocenters. The van der Waals surface area contributed by atoms with E-state index in [2.05, 4.69) is 0 Å². The van der Waals surface area contributed by atoms with Gasteiger partial charge in [-0.25, -0.2) is 0 Å². The number of aliphatic hydroxyl groups excluding tert-OH is 1. The summed E-state index contributed by atoms with van der Waals surface area (Å²) in [5, 5.41) is 11.6. The van der Waals surface area contributed by atoms with Crippen LogP contribution in [0.15, 0.2) is 42.0 Å². The molecule has 7 nitrogen and oxygen atoms in total. The third kappa shape index (κ3) is 4.78. The average molecular weight is 474 g/mol. The molecule has 3 rings (SSSR count). The second-order valence-corrected chi connectivity index (χ2v) is 8.01. The Morgan fingerprint density at radius 3 is 2.42 bits per heavy atom. The van der Waals surface area contributed by atoms with E-state index in [1.807, 2.05) is 26.0 Å². The Bertz CT molecular complexity index is 1080. The van der Waals surface area contributed by atoms with Crippen LogP contribution in [0, 0.1) is 0 Å². The van der Waals surface area contributed by atoms with Gasteiger partial charge in [0.05, 0.1) is 43.0 Å². The summed E-state index contributed by atoms with van der Waals surface area (Å²) in [5.74, 6) is -0.608. The fraction of sp³-hybridized carbons (Fsp3) is 0.360. The normalized spacial score (nSPS) is 17.4. The van der Waals surface area contributed by atoms with Crippen LogP contribution in [0.25, 0.3) is 5.76 Å². The SMILES string of the molecule is CCCOc1cccc(C2/C(=C(\O)c3cc(OC)c(Cl)cc3OC)C(=O)C(=O)N2CCC)c1. The summed E-state index contributed by atoms with van der Waals surface area (Å²) in [4.78, 5) is 27.5. The predicted octanol–water partition coefficient (Wildman–Crippen LogP) is 4.98. The largest absolute Gasteiger partial charge is 0.507 e. The van der Waals surface area contributed by atoms with Gasteiger partial charge < -0.3 is 24.2 Å². The molecular weight excluding hydrogens is 446 g/mol. The average Bonchev–Trinajstić information content (AvgIpc) is 3.07. The number of aliphatic hydroxyl groups is 1. The van der Waals surface area contributed by atoms with Gasteiger partial charge in [0.1, 0.15) is 23.0 Å². The summed E-state index contributed by atoms with van der Waals surface area (Å²) in [7, 11) is 2.87. The summed E-state index contributed by atoms with van der Waals surface area (Å²) in [6.45, 7) is 4.82. The van der Waals surface area contributed by atoms with Gasteiger partial charge in [-0.2, -0.15) is 0 Å². The molecule has 0 radical (unpaired) electrons. The fourth-order valence-electron chi connectivity index (χ4n) is 3.88. The molecule has 0 bridgehead atoms. The lowest BCUT2D eigenvalue weighted by atomic mass is 9.94. The monoisotopic (exact) mass is 473 g/mol. The van der Waals surface area contributed by atoms with Crippen LogP contribution in [-0.4, -0.2) is 49.1 Å². The van der Waals surface area contributed by atoms with Gasteiger partial charge in [0, 0.05) is 12.6 Å². The number of rotatable bonds is 9. The number of hydrogen-bond donors (Lipinski definition) is 1. The van der Waals surface area contributed by atoms with Crippen molar-refractivity contribution in [2.75, 3.05) is 27.4 Å². The number of carbonyl (C=O) groups excluding carboxylic acids is 2. The Labute approximate surface area is 198 Å². The van der Waals surface area contributed by atoms with Crippen LogP contribution in [0.2, 0.25) is 5.02 Å². The molecule has 1 N–H and O–H groups in total. The van der Waals surface area contributed by atoms with Crippen LogP contribution in [-0.2, 0) is 9.59 Å². The van der Waals surface area contributed by atoms with Crippen molar-refractivity contribution in [3.63, 3.8) is 0 Å². The molecular formula is C25H28ClNO6. The minimum absolute atomic E-state index is 0.0243. The van der Waals surface area contributed by atoms with Crippen molar-refractivity contribution in [1.29, 1.82) is 0 Å². The summed E-state index contributed by atoms with van der Waals surface area (Å²) in [5.41, 5.74) is 0.845. The fourth-order valence-corrected chi connectivity index (χ4v) is 4.11. The number of ketones is 1. The van der Waals surface area contributed by atoms with E-state index in [-0.39, 0.29) is 27.7 Å². The Morgan fingerprint density at radius 1 is 1.06 bits per heavy atom. The maximum absolute atomic E-state index is 13.1. The molecule has 1 heterocycles. The highest BCUT2D eigenvalue weighted by Crippen LogP contribution is 2.43. The number of hydrogen-bond acceptors (Lipinski definition) is 6. The third-order valence-corrected chi connectivity index (χ3v) is 5.68. The molecule has 0 saturated carbocycles. The van der Waals surface area contributed by atoms with E-state index in [1.54, 1.807) is 12.1 Å². The third-order valence-electron chi connectivity index (χ3n) is 5.38. The minimum Gasteiger partial charge on any atom is -0.507 e. The van der Waals surface area contributed by atoms with Crippen molar-refractivity contribution in [1.82, 2.24) is 4.90 Å². The zero-order valence-electron chi connectivity index (χ0n) is 19.2. The first-order chi connectivity index (χ1) is 15.9. The highest BCUT2D eigenvalue weighted by molar-refractivity contribution is 6.46. The summed E-state index contributed by atoms with van der Waals surface area (Å²) in [6.07, 6.45) is 1.49. The molecule has 1 fully saturated rings. The molecule has 1 unspecified atom stereocenters. The molecule has 0 aromatic heterocycles. The van der Waals surface area contributed by atoms with Crippen LogP contribution in [0.5, 0.6) is 17.2 Å². The summed E-state index contributed by atoms with van der Waals surface area (Å²) >= 11 is 6.20. The molecule has 8 heteroatoms. The van der Waals surface area contributed by atoms with E-state index < -0.39 is 17.7 Å². The molecule has 1 aliphatic heterocycles. The maximum Gasteiger partial charge on any atom is 0.295 e. The quantitative estimate of drug-likeness (QED) is 0.314. The molecule has 2 aromatic carbocycles. The van der Waals surface area contributed by atoms with E-state index in [1.165, 1.54) is 31.3 Å². The van der Waals surface area contributed by atoms with E-state index >= 15 is 0 Å². The maximum atomic E-state index is 13.1. The van der Waals surface area contributed by atoms with E-state index in [0.717, 1.165) is 6.42 Å². The zero-order chi connectivity index (χ0) is 24.1. The van der Waals surface area contributed by atoms with Gasteiger partial charge >= 0.3 is 0 Å². The lowest BCUT2D eigenvalue weighted by molar-refractivity contribution is -0.139. The Balaban J connectivity index is 2.23. The van der Waals surface area contributed by atoms with Gasteiger partial charge in [-0.05, 0) is 36.6 Å². The van der Waals surface area contributed by atoms with E-state index in [4.69, 9.17) is 25.8 Å². The number of nitrogens with zero attached hydrogens (tertiary/aromatic N) is 1. The lowest BCUT2D eigenvalue weighted by Crippen LogP contribution is -2.30. The van der Waals surface area contributed by atoms with Crippen molar-refractivity contribution in [2.24, 2.45) is 0 Å². The van der Waals surface area contributed by atoms with Crippen LogP contribution < -0.4 is 14.2 Å². The number of benzene rings is 2. The number of amides is 1. The molecule has 1 amide bonds. The number of ether oxygens (including phenoxy) is 3. The molecule has 1 saturated heterocycles. The molecule has 0 aliphatic carbocycles. The van der Waals surface area contributed by atoms with Crippen molar-refractivity contribution in [2.45, 2.75) is 32.7 Å². The number of Topliss-reactive ketones (excluding diaryl/α,β-unsaturated/α-hetero) is 1. The zero-order valence-corrected chi connectivity index (χ0v) is 19.9. The lowest BCUT2D eigenvalue weighted by Gasteiger charge is -2.25. The second kappa shape index (κ2) is 10.6. The van der Waals surface area contributed by atoms with Gasteiger partial charge in [0.15, 0.2) is 0 Å². The highest BCUT2D eigenvalue weighted by Gasteiger charge is 2.46. The van der Waals surface area contributed by atoms with Crippen molar-refractivity contribution < 1.29 is 28.9 Å². The van der Waals surface area contributed by atoms with Gasteiger partial charge in [-0.15, -0.1) is 0 Å². The number of methoxy groups -OCH3 is 2. The first-order valence-corrected chi connectivity index (χ1v) is 11.2. The van der Waals surface area contributed by atoms with Crippen molar-refractivity contribution >= 4 is 29.1 Å². The molecule has 2 aromatic rings. The second-order valence-electron chi connectivity index (χ2n) is 7.60. The topological polar surface area (TPSA) is 85.3 Å². The molecule has 176 valence electrons. The van der Waals surface area contributed by atoms with Crippen LogP contribution in [0.1, 0.15) is 43.9 Å². The van der Waals surface area contributed by atoms with Crippen molar-refractivity contribution in [3.05, 3.63) is 58.1 Å². The van der Waals surface area contributed by atoms with Crippen LogP contribution in [0.3, 0.4) is 0 Å². The van der Waals surface area contributed by atoms with Gasteiger partial charge in [0.2, 0.25) is 0 Å². The smallest absolute Gasteiger partial charge is 0.295 e. The standard InChI is InChI=1S/C25H28ClNO6/c1-5-10-27-22(15-8-7-9-16(12-15)33-11-6-2)21(24(29)25(27)30)23(28)17-13-20(32-4)18(26)14-19(17)31-3/h7-9,12-14,22,28H,5-6,10-11H2,1-4H3/b23-21+. The Morgan fingerprint density at radius 2 is 1.79 bits per heavy atom. The van der Waals surface area contributed by atoms with Gasteiger partial charge in [0.25, 0.3) is 11.7 Å². The minimum atomic E-state index is -0.776. The number of likely N-dealkylation sites (tertiary alicyclic amines) is 1. The summed E-state index contributed by atoms with van der Waals surface area (Å²) in [6, 6.07) is 9.43. The molecule has 1 aliphatic rings. The first kappa shape index (κ1) is 24.5. The molecule has 33 heavy (non-hydrogen) atoms. The predicted molar refractivity (Wildman–Crippen MR) is 126 cm³/mol.